The van der Waals surface area contributed by atoms with Crippen LogP contribution in [-0.4, -0.2) is 49.8 Å². The van der Waals surface area contributed by atoms with Crippen LogP contribution in [0.15, 0.2) is 23.3 Å². The van der Waals surface area contributed by atoms with E-state index >= 15 is 0 Å². The first kappa shape index (κ1) is 22.2. The molecule has 1 aliphatic carbocycles. The number of halogens is 1. The third kappa shape index (κ3) is 6.78. The van der Waals surface area contributed by atoms with Gasteiger partial charge in [-0.2, -0.15) is 0 Å². The summed E-state index contributed by atoms with van der Waals surface area (Å²) >= 11 is 0. The Kier molecular flexibility index (Phi) is 9.08. The Morgan fingerprint density at radius 1 is 1.37 bits per heavy atom. The zero-order valence-electron chi connectivity index (χ0n) is 16.8. The summed E-state index contributed by atoms with van der Waals surface area (Å²) in [5, 5.41) is 7.04. The van der Waals surface area contributed by atoms with Crippen molar-refractivity contribution in [1.82, 2.24) is 15.6 Å². The van der Waals surface area contributed by atoms with E-state index in [1.165, 1.54) is 31.2 Å². The molecule has 6 nitrogen and oxygen atoms in total. The van der Waals surface area contributed by atoms with Gasteiger partial charge in [-0.3, -0.25) is 4.99 Å². The smallest absolute Gasteiger partial charge is 0.191 e. The second kappa shape index (κ2) is 11.0. The van der Waals surface area contributed by atoms with Gasteiger partial charge < -0.3 is 20.3 Å². The maximum atomic E-state index is 5.63. The highest BCUT2D eigenvalue weighted by atomic mass is 127. The van der Waals surface area contributed by atoms with Crippen molar-refractivity contribution in [3.8, 4) is 0 Å². The predicted octanol–water partition coefficient (Wildman–Crippen LogP) is 3.17. The maximum Gasteiger partial charge on any atom is 0.191 e. The van der Waals surface area contributed by atoms with Gasteiger partial charge in [-0.25, -0.2) is 4.98 Å². The molecule has 2 aliphatic rings. The van der Waals surface area contributed by atoms with Crippen LogP contribution in [0.4, 0.5) is 5.82 Å². The van der Waals surface area contributed by atoms with E-state index in [9.17, 15) is 0 Å². The van der Waals surface area contributed by atoms with Crippen LogP contribution in [0.1, 0.15) is 45.1 Å². The average Bonchev–Trinajstić information content (AvgIpc) is 2.65. The number of ether oxygens (including phenoxy) is 1. The third-order valence-corrected chi connectivity index (χ3v) is 5.34. The molecule has 2 heterocycles. The molecular formula is C20H34IN5O. The number of morpholine rings is 1. The molecule has 1 aliphatic heterocycles. The molecule has 27 heavy (non-hydrogen) atoms. The summed E-state index contributed by atoms with van der Waals surface area (Å²) in [4.78, 5) is 11.2. The molecule has 0 aromatic carbocycles. The molecule has 1 saturated carbocycles. The van der Waals surface area contributed by atoms with E-state index in [1.54, 1.807) is 0 Å². The zero-order chi connectivity index (χ0) is 18.4. The van der Waals surface area contributed by atoms with E-state index in [0.717, 1.165) is 43.9 Å². The first-order valence-corrected chi connectivity index (χ1v) is 9.92. The minimum atomic E-state index is 0. The molecule has 1 saturated heterocycles. The molecule has 1 aromatic heterocycles. The highest BCUT2D eigenvalue weighted by molar-refractivity contribution is 14.0. The van der Waals surface area contributed by atoms with E-state index in [4.69, 9.17) is 4.74 Å². The summed E-state index contributed by atoms with van der Waals surface area (Å²) in [7, 11) is 1.84. The van der Waals surface area contributed by atoms with Gasteiger partial charge in [0.1, 0.15) is 5.82 Å². The van der Waals surface area contributed by atoms with E-state index in [0.29, 0.717) is 6.04 Å². The van der Waals surface area contributed by atoms with Crippen LogP contribution in [0, 0.1) is 5.92 Å². The fourth-order valence-electron chi connectivity index (χ4n) is 3.91. The summed E-state index contributed by atoms with van der Waals surface area (Å²) < 4.78 is 5.63. The van der Waals surface area contributed by atoms with Crippen LogP contribution < -0.4 is 15.5 Å². The van der Waals surface area contributed by atoms with Crippen LogP contribution in [0.25, 0.3) is 0 Å². The molecule has 152 valence electrons. The molecule has 2 N–H and O–H groups in total. The van der Waals surface area contributed by atoms with E-state index in [-0.39, 0.29) is 30.1 Å². The number of pyridine rings is 1. The maximum absolute atomic E-state index is 5.63. The number of hydrogen-bond acceptors (Lipinski definition) is 4. The van der Waals surface area contributed by atoms with Crippen molar-refractivity contribution in [2.75, 3.05) is 31.6 Å². The lowest BCUT2D eigenvalue weighted by atomic mass is 9.87. The minimum Gasteiger partial charge on any atom is -0.375 e. The Labute approximate surface area is 180 Å². The van der Waals surface area contributed by atoms with Gasteiger partial charge >= 0.3 is 0 Å². The average molecular weight is 487 g/mol. The quantitative estimate of drug-likeness (QED) is 0.388. The largest absolute Gasteiger partial charge is 0.375 e. The molecule has 2 fully saturated rings. The van der Waals surface area contributed by atoms with Gasteiger partial charge in [-0.1, -0.05) is 19.8 Å². The molecule has 3 rings (SSSR count). The van der Waals surface area contributed by atoms with Gasteiger partial charge in [0.2, 0.25) is 0 Å². The van der Waals surface area contributed by atoms with Gasteiger partial charge in [0.05, 0.1) is 12.7 Å². The lowest BCUT2D eigenvalue weighted by Crippen LogP contribution is -2.44. The van der Waals surface area contributed by atoms with Crippen LogP contribution in [-0.2, 0) is 11.3 Å². The summed E-state index contributed by atoms with van der Waals surface area (Å²) in [6.07, 6.45) is 7.28. The van der Waals surface area contributed by atoms with Crippen molar-refractivity contribution >= 4 is 35.8 Å². The van der Waals surface area contributed by atoms with E-state index in [2.05, 4.69) is 51.5 Å². The van der Waals surface area contributed by atoms with Gasteiger partial charge in [-0.05, 0) is 43.4 Å². The predicted molar refractivity (Wildman–Crippen MR) is 122 cm³/mol. The molecule has 0 spiro atoms. The second-order valence-corrected chi connectivity index (χ2v) is 7.69. The molecule has 0 radical (unpaired) electrons. The molecular weight excluding hydrogens is 453 g/mol. The van der Waals surface area contributed by atoms with Gasteiger partial charge in [-0.15, -0.1) is 24.0 Å². The normalized spacial score (nSPS) is 26.3. The number of guanidine groups is 1. The van der Waals surface area contributed by atoms with Crippen molar-refractivity contribution in [1.29, 1.82) is 0 Å². The zero-order valence-corrected chi connectivity index (χ0v) is 19.1. The van der Waals surface area contributed by atoms with Crippen molar-refractivity contribution in [3.63, 3.8) is 0 Å². The van der Waals surface area contributed by atoms with Crippen LogP contribution in [0.3, 0.4) is 0 Å². The Morgan fingerprint density at radius 2 is 2.22 bits per heavy atom. The van der Waals surface area contributed by atoms with Crippen LogP contribution in [0.5, 0.6) is 0 Å². The van der Waals surface area contributed by atoms with Gasteiger partial charge in [0.25, 0.3) is 0 Å². The van der Waals surface area contributed by atoms with Crippen molar-refractivity contribution < 1.29 is 4.74 Å². The van der Waals surface area contributed by atoms with Crippen LogP contribution >= 0.6 is 24.0 Å². The van der Waals surface area contributed by atoms with Crippen molar-refractivity contribution in [3.05, 3.63) is 23.9 Å². The fourth-order valence-corrected chi connectivity index (χ4v) is 3.91. The highest BCUT2D eigenvalue weighted by Gasteiger charge is 2.20. The van der Waals surface area contributed by atoms with E-state index < -0.39 is 0 Å². The molecule has 0 bridgehead atoms. The summed E-state index contributed by atoms with van der Waals surface area (Å²) in [5.41, 5.74) is 1.22. The monoisotopic (exact) mass is 487 g/mol. The summed E-state index contributed by atoms with van der Waals surface area (Å²) in [5.74, 6) is 2.73. The van der Waals surface area contributed by atoms with Crippen molar-refractivity contribution in [2.24, 2.45) is 10.9 Å². The standard InChI is InChI=1S/C20H33N5O.HI/c1-15-5-4-6-18(11-15)24-20(21-3)23-13-17-7-8-22-19(12-17)25-9-10-26-16(2)14-25;/h7-8,12,15-16,18H,4-6,9-11,13-14H2,1-3H3,(H2,21,23,24);1H. The number of nitrogens with one attached hydrogen (secondary N) is 2. The summed E-state index contributed by atoms with van der Waals surface area (Å²) in [6, 6.07) is 4.77. The minimum absolute atomic E-state index is 0. The van der Waals surface area contributed by atoms with Crippen LogP contribution in [0.2, 0.25) is 0 Å². The Hall–Kier alpha value is -1.09. The molecule has 1 aromatic rings. The molecule has 0 amide bonds. The Balaban J connectivity index is 0.00000261. The number of aromatic nitrogens is 1. The van der Waals surface area contributed by atoms with E-state index in [1.807, 2.05) is 13.2 Å². The lowest BCUT2D eigenvalue weighted by molar-refractivity contribution is 0.0529. The first-order chi connectivity index (χ1) is 12.6. The number of nitrogens with zero attached hydrogens (tertiary/aromatic N) is 3. The number of aliphatic imine (C=N–C) groups is 1. The molecule has 7 heteroatoms. The number of hydrogen-bond donors (Lipinski definition) is 2. The second-order valence-electron chi connectivity index (χ2n) is 7.69. The third-order valence-electron chi connectivity index (χ3n) is 5.34. The lowest BCUT2D eigenvalue weighted by Gasteiger charge is -2.32. The fraction of sp³-hybridized carbons (Fsp3) is 0.700. The number of rotatable bonds is 4. The molecule has 3 unspecified atom stereocenters. The van der Waals surface area contributed by atoms with Gasteiger partial charge in [0, 0.05) is 38.9 Å². The van der Waals surface area contributed by atoms with Gasteiger partial charge in [0.15, 0.2) is 5.96 Å². The highest BCUT2D eigenvalue weighted by Crippen LogP contribution is 2.23. The Morgan fingerprint density at radius 3 is 2.96 bits per heavy atom. The topological polar surface area (TPSA) is 61.8 Å². The first-order valence-electron chi connectivity index (χ1n) is 9.92. The summed E-state index contributed by atoms with van der Waals surface area (Å²) in [6.45, 7) is 7.76. The van der Waals surface area contributed by atoms with Crippen molar-refractivity contribution in [2.45, 2.75) is 58.2 Å². The SMILES string of the molecule is CN=C(NCc1ccnc(N2CCOC(C)C2)c1)NC1CCCC(C)C1.I. The molecule has 3 atom stereocenters. The number of anilines is 1. The Bertz CT molecular complexity index is 612.